The molecule has 0 saturated carbocycles. The Morgan fingerprint density at radius 2 is 2.29 bits per heavy atom. The summed E-state index contributed by atoms with van der Waals surface area (Å²) in [5.41, 5.74) is 6.09. The lowest BCUT2D eigenvalue weighted by Crippen LogP contribution is -2.34. The van der Waals surface area contributed by atoms with Crippen molar-refractivity contribution in [3.8, 4) is 0 Å². The van der Waals surface area contributed by atoms with Gasteiger partial charge in [0, 0.05) is 6.54 Å². The van der Waals surface area contributed by atoms with Gasteiger partial charge in [-0.15, -0.1) is 0 Å². The van der Waals surface area contributed by atoms with E-state index >= 15 is 0 Å². The summed E-state index contributed by atoms with van der Waals surface area (Å²) in [6, 6.07) is 0. The van der Waals surface area contributed by atoms with Crippen LogP contribution in [-0.2, 0) is 0 Å². The largest absolute Gasteiger partial charge is 0.396 e. The predicted molar refractivity (Wildman–Crippen MR) is 65.4 cm³/mol. The van der Waals surface area contributed by atoms with Crippen molar-refractivity contribution in [2.45, 2.75) is 33.3 Å². The van der Waals surface area contributed by atoms with Crippen molar-refractivity contribution in [3.63, 3.8) is 0 Å². The summed E-state index contributed by atoms with van der Waals surface area (Å²) in [7, 11) is 0. The summed E-state index contributed by atoms with van der Waals surface area (Å²) in [4.78, 5) is 11.6. The maximum absolute atomic E-state index is 11.6. The van der Waals surface area contributed by atoms with E-state index in [9.17, 15) is 9.90 Å². The second-order valence-electron chi connectivity index (χ2n) is 5.33. The maximum Gasteiger partial charge on any atom is 0.271 e. The number of nitrogens with two attached hydrogens (primary N) is 1. The van der Waals surface area contributed by atoms with Gasteiger partial charge in [-0.25, -0.2) is 0 Å². The molecule has 1 amide bonds. The summed E-state index contributed by atoms with van der Waals surface area (Å²) in [5, 5.41) is 18.5. The van der Waals surface area contributed by atoms with Crippen LogP contribution >= 0.6 is 0 Å². The number of nitrogens with one attached hydrogen (secondary N) is 2. The third kappa shape index (κ3) is 4.44. The molecule has 1 atom stereocenters. The Bertz CT molecular complexity index is 381. The molecule has 1 rings (SSSR count). The molecule has 1 aromatic heterocycles. The molecule has 17 heavy (non-hydrogen) atoms. The highest BCUT2D eigenvalue weighted by atomic mass is 16.3. The molecule has 6 heteroatoms. The molecule has 0 aliphatic heterocycles. The number of nitrogens with zero attached hydrogens (tertiary/aromatic N) is 1. The van der Waals surface area contributed by atoms with Crippen LogP contribution in [-0.4, -0.2) is 33.9 Å². The monoisotopic (exact) mass is 240 g/mol. The number of carbonyl (C=O) groups excluding carboxylic acids is 1. The van der Waals surface area contributed by atoms with Gasteiger partial charge in [0.15, 0.2) is 0 Å². The standard InChI is InChI=1S/C11H20N4O2/c1-11(2,3)4-7(16)5-13-10(17)9-8(12)6-14-15-9/h6-7,16H,4-5,12H2,1-3H3,(H,13,17)(H,14,15). The number of aromatic nitrogens is 2. The smallest absolute Gasteiger partial charge is 0.271 e. The van der Waals surface area contributed by atoms with E-state index < -0.39 is 6.10 Å². The van der Waals surface area contributed by atoms with Crippen molar-refractivity contribution in [2.24, 2.45) is 5.41 Å². The summed E-state index contributed by atoms with van der Waals surface area (Å²) in [6.07, 6.45) is 1.43. The Kier molecular flexibility index (Phi) is 4.11. The third-order valence-electron chi connectivity index (χ3n) is 2.24. The minimum Gasteiger partial charge on any atom is -0.396 e. The van der Waals surface area contributed by atoms with Crippen LogP contribution in [0, 0.1) is 5.41 Å². The first-order valence-electron chi connectivity index (χ1n) is 5.55. The molecule has 1 aromatic rings. The molecule has 5 N–H and O–H groups in total. The average molecular weight is 240 g/mol. The van der Waals surface area contributed by atoms with E-state index in [1.807, 2.05) is 20.8 Å². The van der Waals surface area contributed by atoms with Gasteiger partial charge in [-0.1, -0.05) is 20.8 Å². The van der Waals surface area contributed by atoms with Crippen LogP contribution in [0.3, 0.4) is 0 Å². The number of amides is 1. The number of aliphatic hydroxyl groups is 1. The van der Waals surface area contributed by atoms with Crippen LogP contribution in [0.1, 0.15) is 37.7 Å². The number of nitrogen functional groups attached to an aromatic ring is 1. The lowest BCUT2D eigenvalue weighted by atomic mass is 9.89. The number of H-pyrrole nitrogens is 1. The molecule has 0 bridgehead atoms. The molecule has 0 fully saturated rings. The minimum atomic E-state index is -0.567. The number of hydrogen-bond acceptors (Lipinski definition) is 4. The lowest BCUT2D eigenvalue weighted by molar-refractivity contribution is 0.0865. The van der Waals surface area contributed by atoms with E-state index in [1.54, 1.807) is 0 Å². The van der Waals surface area contributed by atoms with Gasteiger partial charge in [0.25, 0.3) is 5.91 Å². The van der Waals surface area contributed by atoms with Crippen LogP contribution < -0.4 is 11.1 Å². The molecule has 0 saturated heterocycles. The average Bonchev–Trinajstić information content (AvgIpc) is 2.58. The third-order valence-corrected chi connectivity index (χ3v) is 2.24. The molecule has 96 valence electrons. The zero-order valence-electron chi connectivity index (χ0n) is 10.4. The van der Waals surface area contributed by atoms with Crippen molar-refractivity contribution >= 4 is 11.6 Å². The highest BCUT2D eigenvalue weighted by molar-refractivity contribution is 5.96. The predicted octanol–water partition coefficient (Wildman–Crippen LogP) is 0.519. The SMILES string of the molecule is CC(C)(C)CC(O)CNC(=O)c1[nH]ncc1N. The second kappa shape index (κ2) is 5.18. The van der Waals surface area contributed by atoms with Gasteiger partial charge < -0.3 is 16.2 Å². The Morgan fingerprint density at radius 1 is 1.65 bits per heavy atom. The van der Waals surface area contributed by atoms with Crippen LogP contribution in [0.25, 0.3) is 0 Å². The van der Waals surface area contributed by atoms with Crippen LogP contribution in [0.2, 0.25) is 0 Å². The number of aliphatic hydroxyl groups excluding tert-OH is 1. The van der Waals surface area contributed by atoms with E-state index in [4.69, 9.17) is 5.73 Å². The van der Waals surface area contributed by atoms with Gasteiger partial charge >= 0.3 is 0 Å². The van der Waals surface area contributed by atoms with E-state index in [0.29, 0.717) is 12.1 Å². The van der Waals surface area contributed by atoms with Crippen LogP contribution in [0.5, 0.6) is 0 Å². The fourth-order valence-electron chi connectivity index (χ4n) is 1.56. The zero-order valence-corrected chi connectivity index (χ0v) is 10.4. The first kappa shape index (κ1) is 13.5. The first-order valence-corrected chi connectivity index (χ1v) is 5.55. The molecular formula is C11H20N4O2. The molecule has 0 radical (unpaired) electrons. The summed E-state index contributed by atoms with van der Waals surface area (Å²) >= 11 is 0. The van der Waals surface area contributed by atoms with Gasteiger partial charge in [0.1, 0.15) is 5.69 Å². The van der Waals surface area contributed by atoms with Gasteiger partial charge in [-0.2, -0.15) is 5.10 Å². The highest BCUT2D eigenvalue weighted by Crippen LogP contribution is 2.20. The highest BCUT2D eigenvalue weighted by Gasteiger charge is 2.18. The molecular weight excluding hydrogens is 220 g/mol. The molecule has 0 aliphatic rings. The number of aromatic amines is 1. The van der Waals surface area contributed by atoms with Crippen molar-refractivity contribution in [3.05, 3.63) is 11.9 Å². The molecule has 0 aliphatic carbocycles. The Hall–Kier alpha value is -1.56. The van der Waals surface area contributed by atoms with Gasteiger partial charge in [-0.3, -0.25) is 9.89 Å². The zero-order chi connectivity index (χ0) is 13.1. The van der Waals surface area contributed by atoms with E-state index in [2.05, 4.69) is 15.5 Å². The molecule has 6 nitrogen and oxygen atoms in total. The van der Waals surface area contributed by atoms with Crippen molar-refractivity contribution in [2.75, 3.05) is 12.3 Å². The van der Waals surface area contributed by atoms with Crippen LogP contribution in [0.4, 0.5) is 5.69 Å². The Labute approximate surface area is 101 Å². The van der Waals surface area contributed by atoms with Crippen LogP contribution in [0.15, 0.2) is 6.20 Å². The Morgan fingerprint density at radius 3 is 2.76 bits per heavy atom. The minimum absolute atomic E-state index is 0.0250. The fraction of sp³-hybridized carbons (Fsp3) is 0.636. The number of anilines is 1. The molecule has 0 spiro atoms. The summed E-state index contributed by atoms with van der Waals surface area (Å²) in [6.45, 7) is 6.30. The maximum atomic E-state index is 11.6. The fourth-order valence-corrected chi connectivity index (χ4v) is 1.56. The van der Waals surface area contributed by atoms with Gasteiger partial charge in [0.05, 0.1) is 18.0 Å². The summed E-state index contributed by atoms with van der Waals surface area (Å²) < 4.78 is 0. The summed E-state index contributed by atoms with van der Waals surface area (Å²) in [5.74, 6) is -0.354. The second-order valence-corrected chi connectivity index (χ2v) is 5.33. The topological polar surface area (TPSA) is 104 Å². The van der Waals surface area contributed by atoms with Gasteiger partial charge in [-0.05, 0) is 11.8 Å². The first-order chi connectivity index (χ1) is 7.79. The van der Waals surface area contributed by atoms with Gasteiger partial charge in [0.2, 0.25) is 0 Å². The number of rotatable bonds is 4. The molecule has 1 unspecified atom stereocenters. The normalized spacial score (nSPS) is 13.4. The quantitative estimate of drug-likeness (QED) is 0.615. The molecule has 1 heterocycles. The number of carbonyl (C=O) groups is 1. The molecule has 0 aromatic carbocycles. The van der Waals surface area contributed by atoms with E-state index in [0.717, 1.165) is 0 Å². The van der Waals surface area contributed by atoms with E-state index in [1.165, 1.54) is 6.20 Å². The van der Waals surface area contributed by atoms with Crippen molar-refractivity contribution in [1.29, 1.82) is 0 Å². The Balaban J connectivity index is 2.42. The van der Waals surface area contributed by atoms with Crippen molar-refractivity contribution < 1.29 is 9.90 Å². The number of hydrogen-bond donors (Lipinski definition) is 4. The lowest BCUT2D eigenvalue weighted by Gasteiger charge is -2.22. The van der Waals surface area contributed by atoms with E-state index in [-0.39, 0.29) is 23.6 Å². The van der Waals surface area contributed by atoms with Crippen molar-refractivity contribution in [1.82, 2.24) is 15.5 Å².